The first-order valence-electron chi connectivity index (χ1n) is 8.17. The van der Waals surface area contributed by atoms with Gasteiger partial charge >= 0.3 is 0 Å². The highest BCUT2D eigenvalue weighted by Crippen LogP contribution is 2.53. The zero-order valence-electron chi connectivity index (χ0n) is 13.1. The van der Waals surface area contributed by atoms with Crippen molar-refractivity contribution in [3.05, 3.63) is 35.4 Å². The molecule has 0 spiro atoms. The third kappa shape index (κ3) is 2.63. The van der Waals surface area contributed by atoms with Crippen molar-refractivity contribution in [1.82, 2.24) is 0 Å². The minimum absolute atomic E-state index is 0.123. The van der Waals surface area contributed by atoms with Gasteiger partial charge in [-0.25, -0.2) is 0 Å². The molecule has 0 aliphatic carbocycles. The second kappa shape index (κ2) is 5.71. The van der Waals surface area contributed by atoms with E-state index in [1.54, 1.807) is 0 Å². The molecule has 0 saturated carbocycles. The van der Waals surface area contributed by atoms with Crippen molar-refractivity contribution in [2.75, 3.05) is 6.54 Å². The van der Waals surface area contributed by atoms with Crippen LogP contribution in [0.2, 0.25) is 0 Å². The first-order chi connectivity index (χ1) is 10.0. The van der Waals surface area contributed by atoms with E-state index in [-0.39, 0.29) is 11.5 Å². The lowest BCUT2D eigenvalue weighted by Gasteiger charge is -2.38. The Kier molecular flexibility index (Phi) is 4.08. The summed E-state index contributed by atoms with van der Waals surface area (Å²) in [5, 5.41) is 10.9. The number of rotatable bonds is 5. The van der Waals surface area contributed by atoms with Gasteiger partial charge in [-0.1, -0.05) is 38.1 Å². The van der Waals surface area contributed by atoms with Crippen LogP contribution in [0.1, 0.15) is 50.3 Å². The van der Waals surface area contributed by atoms with E-state index in [0.29, 0.717) is 18.6 Å². The summed E-state index contributed by atoms with van der Waals surface area (Å²) in [5.41, 5.74) is 8.06. The van der Waals surface area contributed by atoms with Crippen LogP contribution >= 0.6 is 0 Å². The van der Waals surface area contributed by atoms with Gasteiger partial charge in [0.15, 0.2) is 0 Å². The molecule has 2 bridgehead atoms. The van der Waals surface area contributed by atoms with E-state index in [9.17, 15) is 5.11 Å². The minimum Gasteiger partial charge on any atom is -0.388 e. The van der Waals surface area contributed by atoms with Crippen molar-refractivity contribution >= 4 is 0 Å². The lowest BCUT2D eigenvalue weighted by molar-refractivity contribution is -0.0264. The number of ether oxygens (including phenoxy) is 1. The highest BCUT2D eigenvalue weighted by Gasteiger charge is 2.55. The average molecular weight is 289 g/mol. The molecule has 4 atom stereocenters. The monoisotopic (exact) mass is 289 g/mol. The van der Waals surface area contributed by atoms with Gasteiger partial charge in [-0.05, 0) is 42.7 Å². The second-order valence-electron chi connectivity index (χ2n) is 7.21. The third-order valence-electron chi connectivity index (χ3n) is 5.22. The van der Waals surface area contributed by atoms with Crippen LogP contribution in [0.4, 0.5) is 0 Å². The molecule has 0 aromatic heterocycles. The van der Waals surface area contributed by atoms with Crippen molar-refractivity contribution in [3.8, 4) is 0 Å². The summed E-state index contributed by atoms with van der Waals surface area (Å²) in [5.74, 6) is 0.648. The molecule has 2 aliphatic heterocycles. The van der Waals surface area contributed by atoms with Crippen molar-refractivity contribution in [2.24, 2.45) is 17.1 Å². The summed E-state index contributed by atoms with van der Waals surface area (Å²) in [6.07, 6.45) is 4.02. The van der Waals surface area contributed by atoms with Gasteiger partial charge in [0.05, 0.1) is 18.3 Å². The van der Waals surface area contributed by atoms with Crippen molar-refractivity contribution in [2.45, 2.75) is 57.8 Å². The molecule has 3 heteroatoms. The van der Waals surface area contributed by atoms with Crippen LogP contribution in [-0.2, 0) is 11.2 Å². The Morgan fingerprint density at radius 3 is 2.48 bits per heavy atom. The van der Waals surface area contributed by atoms with Crippen LogP contribution in [0.5, 0.6) is 0 Å². The lowest BCUT2D eigenvalue weighted by Crippen LogP contribution is -2.44. The molecule has 2 saturated heterocycles. The standard InChI is InChI=1S/C18H27NO2/c1-12(2)9-13-3-5-14(6-4-13)17(20)18(11-19)10-15-7-8-16(18)21-15/h3-6,12,15-17,20H,7-11,19H2,1-2H3. The van der Waals surface area contributed by atoms with E-state index >= 15 is 0 Å². The number of benzene rings is 1. The van der Waals surface area contributed by atoms with Crippen LogP contribution in [0.25, 0.3) is 0 Å². The maximum Gasteiger partial charge on any atom is 0.0884 e. The number of fused-ring (bicyclic) bond motifs is 2. The first kappa shape index (κ1) is 15.0. The second-order valence-corrected chi connectivity index (χ2v) is 7.21. The van der Waals surface area contributed by atoms with Gasteiger partial charge in [0.2, 0.25) is 0 Å². The molecule has 2 heterocycles. The van der Waals surface area contributed by atoms with Crippen LogP contribution in [0.15, 0.2) is 24.3 Å². The van der Waals surface area contributed by atoms with Crippen LogP contribution in [0, 0.1) is 11.3 Å². The Bertz CT molecular complexity index is 484. The Balaban J connectivity index is 1.79. The average Bonchev–Trinajstić information content (AvgIpc) is 3.07. The molecule has 1 aromatic rings. The number of aliphatic hydroxyl groups is 1. The third-order valence-corrected chi connectivity index (χ3v) is 5.22. The summed E-state index contributed by atoms with van der Waals surface area (Å²) < 4.78 is 5.96. The van der Waals surface area contributed by atoms with E-state index < -0.39 is 6.10 Å². The Morgan fingerprint density at radius 1 is 1.29 bits per heavy atom. The number of aliphatic hydroxyl groups excluding tert-OH is 1. The van der Waals surface area contributed by atoms with Crippen molar-refractivity contribution in [3.63, 3.8) is 0 Å². The Hall–Kier alpha value is -0.900. The molecule has 2 fully saturated rings. The maximum absolute atomic E-state index is 10.9. The fourth-order valence-corrected chi connectivity index (χ4v) is 4.09. The molecule has 116 valence electrons. The lowest BCUT2D eigenvalue weighted by atomic mass is 9.68. The molecular formula is C18H27NO2. The number of hydrogen-bond donors (Lipinski definition) is 2. The van der Waals surface area contributed by atoms with E-state index in [2.05, 4.69) is 38.1 Å². The van der Waals surface area contributed by atoms with Crippen LogP contribution in [0.3, 0.4) is 0 Å². The van der Waals surface area contributed by atoms with E-state index in [1.165, 1.54) is 5.56 Å². The normalized spacial score (nSPS) is 32.8. The first-order valence-corrected chi connectivity index (χ1v) is 8.17. The van der Waals surface area contributed by atoms with Gasteiger partial charge in [0.1, 0.15) is 0 Å². The smallest absolute Gasteiger partial charge is 0.0884 e. The topological polar surface area (TPSA) is 55.5 Å². The molecular weight excluding hydrogens is 262 g/mol. The van der Waals surface area contributed by atoms with Gasteiger partial charge in [0, 0.05) is 12.0 Å². The highest BCUT2D eigenvalue weighted by molar-refractivity contribution is 5.27. The predicted molar refractivity (Wildman–Crippen MR) is 83.9 cm³/mol. The van der Waals surface area contributed by atoms with Crippen LogP contribution in [-0.4, -0.2) is 23.9 Å². The summed E-state index contributed by atoms with van der Waals surface area (Å²) in [6.45, 7) is 4.93. The van der Waals surface area contributed by atoms with Crippen LogP contribution < -0.4 is 5.73 Å². The molecule has 3 N–H and O–H groups in total. The fraction of sp³-hybridized carbons (Fsp3) is 0.667. The predicted octanol–water partition coefficient (Wildman–Crippen LogP) is 2.81. The minimum atomic E-state index is -0.522. The summed E-state index contributed by atoms with van der Waals surface area (Å²) in [4.78, 5) is 0. The summed E-state index contributed by atoms with van der Waals surface area (Å²) >= 11 is 0. The molecule has 0 radical (unpaired) electrons. The number of hydrogen-bond acceptors (Lipinski definition) is 3. The largest absolute Gasteiger partial charge is 0.388 e. The quantitative estimate of drug-likeness (QED) is 0.876. The van der Waals surface area contributed by atoms with E-state index in [0.717, 1.165) is 31.2 Å². The zero-order valence-corrected chi connectivity index (χ0v) is 13.1. The molecule has 4 unspecified atom stereocenters. The Morgan fingerprint density at radius 2 is 2.00 bits per heavy atom. The van der Waals surface area contributed by atoms with Gasteiger partial charge < -0.3 is 15.6 Å². The molecule has 21 heavy (non-hydrogen) atoms. The molecule has 0 amide bonds. The highest BCUT2D eigenvalue weighted by atomic mass is 16.5. The summed E-state index contributed by atoms with van der Waals surface area (Å²) in [7, 11) is 0. The van der Waals surface area contributed by atoms with E-state index in [1.807, 2.05) is 0 Å². The zero-order chi connectivity index (χ0) is 15.0. The Labute approximate surface area is 127 Å². The van der Waals surface area contributed by atoms with Gasteiger partial charge in [0.25, 0.3) is 0 Å². The fourth-order valence-electron chi connectivity index (χ4n) is 4.09. The SMILES string of the molecule is CC(C)Cc1ccc(C(O)C2(CN)CC3CCC2O3)cc1. The molecule has 1 aromatic carbocycles. The van der Waals surface area contributed by atoms with Gasteiger partial charge in [-0.2, -0.15) is 0 Å². The van der Waals surface area contributed by atoms with Crippen molar-refractivity contribution < 1.29 is 9.84 Å². The molecule has 3 rings (SSSR count). The maximum atomic E-state index is 10.9. The summed E-state index contributed by atoms with van der Waals surface area (Å²) in [6, 6.07) is 8.39. The van der Waals surface area contributed by atoms with E-state index in [4.69, 9.17) is 10.5 Å². The molecule has 3 nitrogen and oxygen atoms in total. The number of nitrogens with two attached hydrogens (primary N) is 1. The van der Waals surface area contributed by atoms with Gasteiger partial charge in [-0.3, -0.25) is 0 Å². The van der Waals surface area contributed by atoms with Crippen molar-refractivity contribution in [1.29, 1.82) is 0 Å². The van der Waals surface area contributed by atoms with Gasteiger partial charge in [-0.15, -0.1) is 0 Å². The molecule has 2 aliphatic rings.